The van der Waals surface area contributed by atoms with Crippen molar-refractivity contribution in [3.8, 4) is 22.8 Å². The SMILES string of the molecule is c1cnc2c(-n3c(-c4ccc(-n5c6ccccc6c6ccccc65)cc4)nc4cccnc43)cccc2c1. The lowest BCUT2D eigenvalue weighted by molar-refractivity contribution is 1.08. The van der Waals surface area contributed by atoms with E-state index in [0.717, 1.165) is 44.8 Å². The highest BCUT2D eigenvalue weighted by molar-refractivity contribution is 6.09. The molecule has 5 heteroatoms. The Bertz CT molecular complexity index is 2080. The number of hydrogen-bond donors (Lipinski definition) is 0. The first-order chi connectivity index (χ1) is 18.9. The average Bonchev–Trinajstić information content (AvgIpc) is 3.53. The number of aromatic nitrogens is 5. The summed E-state index contributed by atoms with van der Waals surface area (Å²) in [5, 5.41) is 3.59. The summed E-state index contributed by atoms with van der Waals surface area (Å²) in [6.07, 6.45) is 3.65. The van der Waals surface area contributed by atoms with Crippen molar-refractivity contribution in [1.29, 1.82) is 0 Å². The largest absolute Gasteiger partial charge is 0.309 e. The Morgan fingerprint density at radius 1 is 0.526 bits per heavy atom. The fourth-order valence-electron chi connectivity index (χ4n) is 5.56. The number of nitrogens with zero attached hydrogens (tertiary/aromatic N) is 5. The predicted molar refractivity (Wildman–Crippen MR) is 154 cm³/mol. The minimum atomic E-state index is 0.812. The lowest BCUT2D eigenvalue weighted by atomic mass is 10.1. The molecule has 0 radical (unpaired) electrons. The number of pyridine rings is 2. The Morgan fingerprint density at radius 2 is 1.21 bits per heavy atom. The third kappa shape index (κ3) is 3.02. The predicted octanol–water partition coefficient (Wildman–Crippen LogP) is 7.73. The average molecular weight is 488 g/mol. The Hall–Kier alpha value is -5.29. The van der Waals surface area contributed by atoms with E-state index in [2.05, 4.69) is 106 Å². The summed E-state index contributed by atoms with van der Waals surface area (Å²) in [5.74, 6) is 0.839. The lowest BCUT2D eigenvalue weighted by Gasteiger charge is -2.12. The molecule has 4 heterocycles. The van der Waals surface area contributed by atoms with Gasteiger partial charge < -0.3 is 4.57 Å². The standard InChI is InChI=1S/C33H21N5/c1-3-13-28-25(10-1)26-11-2-4-14-29(26)37(28)24-18-16-23(17-19-24)32-36-27-12-7-21-35-33(27)38(32)30-15-5-8-22-9-6-20-34-31(22)30/h1-21H. The van der Waals surface area contributed by atoms with Crippen LogP contribution in [0.1, 0.15) is 0 Å². The molecule has 0 saturated heterocycles. The van der Waals surface area contributed by atoms with Crippen LogP contribution >= 0.6 is 0 Å². The van der Waals surface area contributed by atoms with Gasteiger partial charge in [-0.25, -0.2) is 9.97 Å². The molecule has 38 heavy (non-hydrogen) atoms. The Kier molecular flexibility index (Phi) is 4.45. The van der Waals surface area contributed by atoms with Gasteiger partial charge >= 0.3 is 0 Å². The van der Waals surface area contributed by atoms with Crippen molar-refractivity contribution in [2.24, 2.45) is 0 Å². The zero-order valence-electron chi connectivity index (χ0n) is 20.4. The van der Waals surface area contributed by atoms with Gasteiger partial charge in [0.15, 0.2) is 5.65 Å². The molecule has 8 rings (SSSR count). The highest BCUT2D eigenvalue weighted by Gasteiger charge is 2.18. The van der Waals surface area contributed by atoms with E-state index in [1.54, 1.807) is 0 Å². The summed E-state index contributed by atoms with van der Waals surface area (Å²) in [6, 6.07) is 40.0. The van der Waals surface area contributed by atoms with Crippen molar-refractivity contribution >= 4 is 43.9 Å². The second-order valence-electron chi connectivity index (χ2n) is 9.39. The molecule has 8 aromatic rings. The normalized spacial score (nSPS) is 11.7. The van der Waals surface area contributed by atoms with E-state index in [1.165, 1.54) is 21.8 Å². The van der Waals surface area contributed by atoms with Gasteiger partial charge in [-0.15, -0.1) is 0 Å². The van der Waals surface area contributed by atoms with E-state index in [9.17, 15) is 0 Å². The van der Waals surface area contributed by atoms with Gasteiger partial charge in [0, 0.05) is 39.8 Å². The lowest BCUT2D eigenvalue weighted by Crippen LogP contribution is -2.01. The third-order valence-corrected chi connectivity index (χ3v) is 7.23. The fourth-order valence-corrected chi connectivity index (χ4v) is 5.56. The summed E-state index contributed by atoms with van der Waals surface area (Å²) in [5.41, 5.74) is 8.06. The Labute approximate surface area is 218 Å². The van der Waals surface area contributed by atoms with Crippen LogP contribution in [0.25, 0.3) is 66.6 Å². The van der Waals surface area contributed by atoms with Crippen molar-refractivity contribution in [3.63, 3.8) is 0 Å². The highest BCUT2D eigenvalue weighted by atomic mass is 15.1. The van der Waals surface area contributed by atoms with Gasteiger partial charge in [0.2, 0.25) is 0 Å². The number of benzene rings is 4. The molecule has 0 N–H and O–H groups in total. The zero-order chi connectivity index (χ0) is 25.1. The van der Waals surface area contributed by atoms with Gasteiger partial charge in [0.25, 0.3) is 0 Å². The molecule has 0 atom stereocenters. The molecule has 0 spiro atoms. The number of fused-ring (bicyclic) bond motifs is 5. The molecular weight excluding hydrogens is 466 g/mol. The second-order valence-corrected chi connectivity index (χ2v) is 9.39. The fraction of sp³-hybridized carbons (Fsp3) is 0. The van der Waals surface area contributed by atoms with Crippen LogP contribution in [-0.4, -0.2) is 24.1 Å². The van der Waals surface area contributed by atoms with E-state index in [-0.39, 0.29) is 0 Å². The van der Waals surface area contributed by atoms with Crippen LogP contribution in [0.4, 0.5) is 0 Å². The highest BCUT2D eigenvalue weighted by Crippen LogP contribution is 2.34. The maximum atomic E-state index is 5.02. The van der Waals surface area contributed by atoms with E-state index in [0.29, 0.717) is 0 Å². The van der Waals surface area contributed by atoms with Gasteiger partial charge in [-0.3, -0.25) is 9.55 Å². The first-order valence-corrected chi connectivity index (χ1v) is 12.6. The van der Waals surface area contributed by atoms with Gasteiger partial charge in [-0.1, -0.05) is 54.6 Å². The summed E-state index contributed by atoms with van der Waals surface area (Å²) >= 11 is 0. The second kappa shape index (κ2) is 8.11. The van der Waals surface area contributed by atoms with Crippen LogP contribution in [0.2, 0.25) is 0 Å². The summed E-state index contributed by atoms with van der Waals surface area (Å²) in [6.45, 7) is 0. The molecule has 178 valence electrons. The smallest absolute Gasteiger partial charge is 0.165 e. The van der Waals surface area contributed by atoms with Gasteiger partial charge in [-0.2, -0.15) is 0 Å². The van der Waals surface area contributed by atoms with Gasteiger partial charge in [-0.05, 0) is 60.7 Å². The molecule has 0 unspecified atom stereocenters. The molecule has 0 fully saturated rings. The molecule has 0 aliphatic carbocycles. The van der Waals surface area contributed by atoms with Crippen molar-refractivity contribution < 1.29 is 0 Å². The minimum Gasteiger partial charge on any atom is -0.309 e. The van der Waals surface area contributed by atoms with Gasteiger partial charge in [0.05, 0.1) is 22.2 Å². The van der Waals surface area contributed by atoms with E-state index in [1.807, 2.05) is 30.6 Å². The maximum absolute atomic E-state index is 5.02. The molecule has 4 aromatic carbocycles. The molecule has 0 aliphatic rings. The van der Waals surface area contributed by atoms with Gasteiger partial charge in [0.1, 0.15) is 11.3 Å². The van der Waals surface area contributed by atoms with Crippen LogP contribution in [-0.2, 0) is 0 Å². The Balaban J connectivity index is 1.34. The van der Waals surface area contributed by atoms with Crippen LogP contribution in [0.15, 0.2) is 128 Å². The quantitative estimate of drug-likeness (QED) is 0.256. The van der Waals surface area contributed by atoms with Crippen molar-refractivity contribution in [1.82, 2.24) is 24.1 Å². The topological polar surface area (TPSA) is 48.5 Å². The van der Waals surface area contributed by atoms with E-state index < -0.39 is 0 Å². The molecule has 0 saturated carbocycles. The van der Waals surface area contributed by atoms with E-state index in [4.69, 9.17) is 15.0 Å². The van der Waals surface area contributed by atoms with Crippen LogP contribution in [0.5, 0.6) is 0 Å². The summed E-state index contributed by atoms with van der Waals surface area (Å²) in [4.78, 5) is 14.4. The monoisotopic (exact) mass is 487 g/mol. The molecule has 0 aliphatic heterocycles. The first-order valence-electron chi connectivity index (χ1n) is 12.6. The minimum absolute atomic E-state index is 0.812. The molecule has 0 amide bonds. The van der Waals surface area contributed by atoms with Crippen LogP contribution in [0.3, 0.4) is 0 Å². The van der Waals surface area contributed by atoms with E-state index >= 15 is 0 Å². The molecular formula is C33H21N5. The number of para-hydroxylation sites is 3. The number of rotatable bonds is 3. The van der Waals surface area contributed by atoms with Crippen LogP contribution in [0, 0.1) is 0 Å². The van der Waals surface area contributed by atoms with Crippen molar-refractivity contribution in [3.05, 3.63) is 128 Å². The first kappa shape index (κ1) is 20.9. The molecule has 0 bridgehead atoms. The maximum Gasteiger partial charge on any atom is 0.165 e. The molecule has 5 nitrogen and oxygen atoms in total. The number of hydrogen-bond acceptors (Lipinski definition) is 3. The summed E-state index contributed by atoms with van der Waals surface area (Å²) in [7, 11) is 0. The van der Waals surface area contributed by atoms with Crippen molar-refractivity contribution in [2.45, 2.75) is 0 Å². The summed E-state index contributed by atoms with van der Waals surface area (Å²) < 4.78 is 4.45. The zero-order valence-corrected chi connectivity index (χ0v) is 20.4. The van der Waals surface area contributed by atoms with Crippen LogP contribution < -0.4 is 0 Å². The van der Waals surface area contributed by atoms with Crippen molar-refractivity contribution in [2.75, 3.05) is 0 Å². The molecule has 4 aromatic heterocycles. The number of imidazole rings is 1. The Morgan fingerprint density at radius 3 is 2.00 bits per heavy atom. The third-order valence-electron chi connectivity index (χ3n) is 7.23.